The third kappa shape index (κ3) is 5.47. The summed E-state index contributed by atoms with van der Waals surface area (Å²) in [5, 5.41) is 3.03. The van der Waals surface area contributed by atoms with E-state index in [1.807, 2.05) is 18.2 Å². The van der Waals surface area contributed by atoms with Crippen molar-refractivity contribution in [2.75, 3.05) is 60.1 Å². The van der Waals surface area contributed by atoms with Crippen LogP contribution in [0.3, 0.4) is 0 Å². The number of nitrogens with one attached hydrogen (secondary N) is 1. The largest absolute Gasteiger partial charge is 0.490 e. The lowest BCUT2D eigenvalue weighted by molar-refractivity contribution is 0.0897. The number of benzene rings is 1. The molecule has 1 fully saturated rings. The molecule has 2 rings (SSSR count). The second-order valence-corrected chi connectivity index (χ2v) is 6.24. The van der Waals surface area contributed by atoms with E-state index in [9.17, 15) is 4.79 Å². The molecule has 1 aromatic rings. The van der Waals surface area contributed by atoms with Gasteiger partial charge in [0.1, 0.15) is 12.4 Å². The van der Waals surface area contributed by atoms with Crippen LogP contribution in [0.4, 0.5) is 0 Å². The van der Waals surface area contributed by atoms with E-state index in [1.54, 1.807) is 13.2 Å². The molecule has 1 aliphatic rings. The minimum Gasteiger partial charge on any atom is -0.490 e. The lowest BCUT2D eigenvalue weighted by Gasteiger charge is -2.36. The van der Waals surface area contributed by atoms with E-state index < -0.39 is 0 Å². The molecular formula is C18H29N3O3. The van der Waals surface area contributed by atoms with Crippen molar-refractivity contribution in [1.29, 1.82) is 0 Å². The molecule has 1 atom stereocenters. The fraction of sp³-hybridized carbons (Fsp3) is 0.611. The molecule has 1 amide bonds. The summed E-state index contributed by atoms with van der Waals surface area (Å²) in [5.74, 6) is 0.503. The maximum atomic E-state index is 12.5. The standard InChI is InChI=1S/C18H29N3O3/c1-15(21-10-8-20(2)9-11-21)14-19-18(22)16-6-4-5-7-17(16)24-13-12-23-3/h4-7,15H,8-14H2,1-3H3,(H,19,22)/t15-/m1/s1. The fourth-order valence-corrected chi connectivity index (χ4v) is 2.74. The molecule has 6 nitrogen and oxygen atoms in total. The van der Waals surface area contributed by atoms with Gasteiger partial charge in [-0.3, -0.25) is 9.69 Å². The van der Waals surface area contributed by atoms with Gasteiger partial charge < -0.3 is 19.7 Å². The zero-order valence-corrected chi connectivity index (χ0v) is 15.0. The van der Waals surface area contributed by atoms with Crippen molar-refractivity contribution in [1.82, 2.24) is 15.1 Å². The van der Waals surface area contributed by atoms with Gasteiger partial charge in [0.25, 0.3) is 5.91 Å². The van der Waals surface area contributed by atoms with Gasteiger partial charge in [-0.1, -0.05) is 12.1 Å². The van der Waals surface area contributed by atoms with Crippen molar-refractivity contribution in [2.45, 2.75) is 13.0 Å². The number of ether oxygens (including phenoxy) is 2. The van der Waals surface area contributed by atoms with E-state index in [-0.39, 0.29) is 5.91 Å². The van der Waals surface area contributed by atoms with Crippen LogP contribution in [0.1, 0.15) is 17.3 Å². The summed E-state index contributed by atoms with van der Waals surface area (Å²) in [6.07, 6.45) is 0. The Morgan fingerprint density at radius 3 is 2.62 bits per heavy atom. The van der Waals surface area contributed by atoms with E-state index >= 15 is 0 Å². The van der Waals surface area contributed by atoms with Crippen LogP contribution in [0.15, 0.2) is 24.3 Å². The first-order chi connectivity index (χ1) is 11.6. The van der Waals surface area contributed by atoms with Gasteiger partial charge in [-0.05, 0) is 26.1 Å². The lowest BCUT2D eigenvalue weighted by atomic mass is 10.1. The average molecular weight is 335 g/mol. The Bertz CT molecular complexity index is 516. The Morgan fingerprint density at radius 2 is 1.92 bits per heavy atom. The van der Waals surface area contributed by atoms with Crippen LogP contribution in [-0.4, -0.2) is 81.8 Å². The highest BCUT2D eigenvalue weighted by Crippen LogP contribution is 2.17. The van der Waals surface area contributed by atoms with Gasteiger partial charge >= 0.3 is 0 Å². The minimum atomic E-state index is -0.0935. The number of methoxy groups -OCH3 is 1. The Morgan fingerprint density at radius 1 is 1.21 bits per heavy atom. The number of carbonyl (C=O) groups excluding carboxylic acids is 1. The van der Waals surface area contributed by atoms with E-state index in [4.69, 9.17) is 9.47 Å². The molecule has 0 radical (unpaired) electrons. The number of para-hydroxylation sites is 1. The maximum absolute atomic E-state index is 12.5. The normalized spacial score (nSPS) is 17.5. The Kier molecular flexibility index (Phi) is 7.49. The molecule has 0 bridgehead atoms. The number of nitrogens with zero attached hydrogens (tertiary/aromatic N) is 2. The Balaban J connectivity index is 1.85. The molecular weight excluding hydrogens is 306 g/mol. The molecule has 24 heavy (non-hydrogen) atoms. The molecule has 1 aromatic carbocycles. The van der Waals surface area contributed by atoms with Crippen LogP contribution in [0.5, 0.6) is 5.75 Å². The first-order valence-electron chi connectivity index (χ1n) is 8.53. The molecule has 0 aliphatic carbocycles. The maximum Gasteiger partial charge on any atom is 0.255 e. The van der Waals surface area contributed by atoms with Gasteiger partial charge in [0, 0.05) is 45.9 Å². The van der Waals surface area contributed by atoms with E-state index in [0.29, 0.717) is 37.1 Å². The number of hydrogen-bond acceptors (Lipinski definition) is 5. The highest BCUT2D eigenvalue weighted by Gasteiger charge is 2.20. The number of rotatable bonds is 8. The molecule has 0 spiro atoms. The Labute approximate surface area is 144 Å². The van der Waals surface area contributed by atoms with Crippen LogP contribution in [0.2, 0.25) is 0 Å². The SMILES string of the molecule is COCCOc1ccccc1C(=O)NC[C@@H](C)N1CCN(C)CC1. The summed E-state index contributed by atoms with van der Waals surface area (Å²) < 4.78 is 10.6. The number of piperazine rings is 1. The van der Waals surface area contributed by atoms with Crippen LogP contribution in [0, 0.1) is 0 Å². The molecule has 1 heterocycles. The van der Waals surface area contributed by atoms with E-state index in [2.05, 4.69) is 29.1 Å². The van der Waals surface area contributed by atoms with E-state index in [0.717, 1.165) is 26.2 Å². The monoisotopic (exact) mass is 335 g/mol. The van der Waals surface area contributed by atoms with Crippen molar-refractivity contribution in [3.05, 3.63) is 29.8 Å². The molecule has 1 N–H and O–H groups in total. The number of carbonyl (C=O) groups is 1. The molecule has 1 saturated heterocycles. The second kappa shape index (κ2) is 9.61. The molecule has 0 saturated carbocycles. The molecule has 134 valence electrons. The van der Waals surface area contributed by atoms with Gasteiger partial charge in [-0.2, -0.15) is 0 Å². The van der Waals surface area contributed by atoms with Gasteiger partial charge in [0.15, 0.2) is 0 Å². The topological polar surface area (TPSA) is 54.0 Å². The molecule has 0 aromatic heterocycles. The van der Waals surface area contributed by atoms with E-state index in [1.165, 1.54) is 0 Å². The number of hydrogen-bond donors (Lipinski definition) is 1. The third-order valence-corrected chi connectivity index (χ3v) is 4.40. The van der Waals surface area contributed by atoms with Crippen molar-refractivity contribution < 1.29 is 14.3 Å². The quantitative estimate of drug-likeness (QED) is 0.721. The first-order valence-corrected chi connectivity index (χ1v) is 8.53. The summed E-state index contributed by atoms with van der Waals surface area (Å²) in [6, 6.07) is 7.64. The molecule has 1 aliphatic heterocycles. The van der Waals surface area contributed by atoms with Crippen LogP contribution in [-0.2, 0) is 4.74 Å². The van der Waals surface area contributed by atoms with Crippen molar-refractivity contribution in [2.24, 2.45) is 0 Å². The molecule has 6 heteroatoms. The summed E-state index contributed by atoms with van der Waals surface area (Å²) in [5.41, 5.74) is 0.569. The first kappa shape index (κ1) is 18.7. The summed E-state index contributed by atoms with van der Waals surface area (Å²) in [4.78, 5) is 17.2. The highest BCUT2D eigenvalue weighted by molar-refractivity contribution is 5.96. The minimum absolute atomic E-state index is 0.0935. The highest BCUT2D eigenvalue weighted by atomic mass is 16.5. The summed E-state index contributed by atoms with van der Waals surface area (Å²) >= 11 is 0. The zero-order chi connectivity index (χ0) is 17.4. The molecule has 0 unspecified atom stereocenters. The Hall–Kier alpha value is -1.63. The zero-order valence-electron chi connectivity index (χ0n) is 15.0. The van der Waals surface area contributed by atoms with Crippen molar-refractivity contribution in [3.63, 3.8) is 0 Å². The number of likely N-dealkylation sites (N-methyl/N-ethyl adjacent to an activating group) is 1. The van der Waals surface area contributed by atoms with Gasteiger partial charge in [0.2, 0.25) is 0 Å². The lowest BCUT2D eigenvalue weighted by Crippen LogP contribution is -2.51. The summed E-state index contributed by atoms with van der Waals surface area (Å²) in [7, 11) is 3.77. The summed E-state index contributed by atoms with van der Waals surface area (Å²) in [6.45, 7) is 7.97. The van der Waals surface area contributed by atoms with Crippen LogP contribution < -0.4 is 10.1 Å². The predicted octanol–water partition coefficient (Wildman–Crippen LogP) is 1.08. The van der Waals surface area contributed by atoms with Crippen LogP contribution >= 0.6 is 0 Å². The predicted molar refractivity (Wildman–Crippen MR) is 94.7 cm³/mol. The second-order valence-electron chi connectivity index (χ2n) is 6.24. The average Bonchev–Trinajstić information content (AvgIpc) is 2.60. The van der Waals surface area contributed by atoms with Crippen molar-refractivity contribution >= 4 is 5.91 Å². The third-order valence-electron chi connectivity index (χ3n) is 4.40. The fourth-order valence-electron chi connectivity index (χ4n) is 2.74. The van der Waals surface area contributed by atoms with Gasteiger partial charge in [0.05, 0.1) is 12.2 Å². The number of amides is 1. The van der Waals surface area contributed by atoms with Crippen LogP contribution in [0.25, 0.3) is 0 Å². The van der Waals surface area contributed by atoms with Gasteiger partial charge in [-0.25, -0.2) is 0 Å². The smallest absolute Gasteiger partial charge is 0.255 e. The van der Waals surface area contributed by atoms with Crippen molar-refractivity contribution in [3.8, 4) is 5.75 Å². The van der Waals surface area contributed by atoms with Gasteiger partial charge in [-0.15, -0.1) is 0 Å².